The van der Waals surface area contributed by atoms with E-state index in [1.54, 1.807) is 52.1 Å². The van der Waals surface area contributed by atoms with Crippen molar-refractivity contribution in [2.75, 3.05) is 19.5 Å². The van der Waals surface area contributed by atoms with Crippen LogP contribution in [0.2, 0.25) is 0 Å². The van der Waals surface area contributed by atoms with E-state index in [1.807, 2.05) is 17.8 Å². The van der Waals surface area contributed by atoms with Crippen molar-refractivity contribution in [2.45, 2.75) is 39.3 Å². The molecule has 4 aromatic rings. The first-order valence-electron chi connectivity index (χ1n) is 12.8. The highest BCUT2D eigenvalue weighted by atomic mass is 19.1. The number of hydrogen-bond donors (Lipinski definition) is 2. The molecule has 0 bridgehead atoms. The van der Waals surface area contributed by atoms with Gasteiger partial charge in [0, 0.05) is 47.7 Å². The lowest BCUT2D eigenvalue weighted by atomic mass is 10.0. The predicted octanol–water partition coefficient (Wildman–Crippen LogP) is 5.50. The highest BCUT2D eigenvalue weighted by Crippen LogP contribution is 2.42. The summed E-state index contributed by atoms with van der Waals surface area (Å²) >= 11 is 0. The summed E-state index contributed by atoms with van der Waals surface area (Å²) in [4.78, 5) is 30.2. The van der Waals surface area contributed by atoms with E-state index in [-0.39, 0.29) is 11.5 Å². The molecule has 0 fully saturated rings. The molecule has 11 heteroatoms. The van der Waals surface area contributed by atoms with Gasteiger partial charge >= 0.3 is 5.97 Å². The number of ether oxygens (including phenoxy) is 3. The number of benzene rings is 2. The van der Waals surface area contributed by atoms with E-state index in [4.69, 9.17) is 14.2 Å². The van der Waals surface area contributed by atoms with Crippen molar-refractivity contribution in [2.24, 2.45) is 7.05 Å². The van der Waals surface area contributed by atoms with Crippen molar-refractivity contribution in [3.63, 3.8) is 0 Å². The van der Waals surface area contributed by atoms with Gasteiger partial charge in [0.1, 0.15) is 22.7 Å². The Balaban J connectivity index is 1.83. The molecule has 0 aliphatic carbocycles. The van der Waals surface area contributed by atoms with Crippen molar-refractivity contribution in [1.29, 1.82) is 0 Å². The Morgan fingerprint density at radius 2 is 1.78 bits per heavy atom. The number of nitrogens with one attached hydrogen (secondary N) is 2. The number of anilines is 1. The molecule has 1 amide bonds. The summed E-state index contributed by atoms with van der Waals surface area (Å²) in [6, 6.07) is 6.87. The maximum atomic E-state index is 14.6. The second kappa shape index (κ2) is 11.5. The molecular formula is C30H32F2N4O5. The Kier molecular flexibility index (Phi) is 8.29. The van der Waals surface area contributed by atoms with Gasteiger partial charge in [0.2, 0.25) is 5.88 Å². The van der Waals surface area contributed by atoms with E-state index in [2.05, 4.69) is 15.6 Å². The lowest BCUT2D eigenvalue weighted by Gasteiger charge is -2.23. The normalized spacial score (nSPS) is 12.2. The largest absolute Gasteiger partial charge is 0.479 e. The first kappa shape index (κ1) is 29.5. The molecule has 216 valence electrons. The van der Waals surface area contributed by atoms with Crippen LogP contribution in [0, 0.1) is 18.6 Å². The highest BCUT2D eigenvalue weighted by molar-refractivity contribution is 6.09. The zero-order chi connectivity index (χ0) is 30.1. The van der Waals surface area contributed by atoms with Crippen LogP contribution >= 0.6 is 0 Å². The molecule has 1 atom stereocenters. The predicted molar refractivity (Wildman–Crippen MR) is 151 cm³/mol. The van der Waals surface area contributed by atoms with Gasteiger partial charge in [-0.15, -0.1) is 0 Å². The van der Waals surface area contributed by atoms with Crippen LogP contribution in [0.25, 0.3) is 22.0 Å². The maximum absolute atomic E-state index is 14.6. The topological polar surface area (TPSA) is 104 Å². The van der Waals surface area contributed by atoms with Gasteiger partial charge in [0.05, 0.1) is 7.11 Å². The van der Waals surface area contributed by atoms with Crippen LogP contribution in [-0.4, -0.2) is 47.2 Å². The van der Waals surface area contributed by atoms with Gasteiger partial charge in [-0.1, -0.05) is 0 Å². The number of aromatic nitrogens is 2. The van der Waals surface area contributed by atoms with E-state index >= 15 is 0 Å². The summed E-state index contributed by atoms with van der Waals surface area (Å²) in [6.45, 7) is 6.86. The van der Waals surface area contributed by atoms with E-state index < -0.39 is 35.2 Å². The number of nitrogens with zero attached hydrogens (tertiary/aromatic N) is 2. The third kappa shape index (κ3) is 6.30. The summed E-state index contributed by atoms with van der Waals surface area (Å²) in [6.07, 6.45) is 3.43. The first-order chi connectivity index (χ1) is 19.3. The Labute approximate surface area is 236 Å². The molecule has 2 aromatic heterocycles. The van der Waals surface area contributed by atoms with Gasteiger partial charge in [0.25, 0.3) is 5.91 Å². The molecule has 4 rings (SSSR count). The van der Waals surface area contributed by atoms with Crippen molar-refractivity contribution in [3.05, 3.63) is 66.0 Å². The zero-order valence-corrected chi connectivity index (χ0v) is 23.9. The molecule has 2 heterocycles. The number of halogens is 2. The minimum Gasteiger partial charge on any atom is -0.479 e. The fourth-order valence-electron chi connectivity index (χ4n) is 4.39. The van der Waals surface area contributed by atoms with Gasteiger partial charge in [-0.25, -0.2) is 18.6 Å². The number of hydrogen-bond acceptors (Lipinski definition) is 7. The lowest BCUT2D eigenvalue weighted by molar-refractivity contribution is -0.158. The van der Waals surface area contributed by atoms with Crippen LogP contribution in [0.15, 0.2) is 48.8 Å². The van der Waals surface area contributed by atoms with Crippen molar-refractivity contribution >= 4 is 28.5 Å². The fourth-order valence-corrected chi connectivity index (χ4v) is 4.39. The van der Waals surface area contributed by atoms with Crippen LogP contribution in [0.3, 0.4) is 0 Å². The number of likely N-dealkylation sites (N-methyl/N-ethyl adjacent to an activating group) is 1. The molecule has 0 saturated carbocycles. The molecule has 0 spiro atoms. The molecule has 0 aliphatic rings. The summed E-state index contributed by atoms with van der Waals surface area (Å²) in [5.74, 6) is -2.48. The number of pyridine rings is 1. The maximum Gasteiger partial charge on any atom is 0.333 e. The molecule has 0 aliphatic heterocycles. The second-order valence-electron chi connectivity index (χ2n) is 10.5. The van der Waals surface area contributed by atoms with Crippen molar-refractivity contribution < 1.29 is 32.6 Å². The average Bonchev–Trinajstić information content (AvgIpc) is 3.23. The number of amides is 1. The number of carbonyl (C=O) groups excluding carboxylic acids is 2. The Morgan fingerprint density at radius 1 is 1.05 bits per heavy atom. The number of fused-ring (bicyclic) bond motifs is 1. The van der Waals surface area contributed by atoms with Crippen LogP contribution in [0.1, 0.15) is 26.3 Å². The van der Waals surface area contributed by atoms with Crippen molar-refractivity contribution in [1.82, 2.24) is 14.9 Å². The van der Waals surface area contributed by atoms with Gasteiger partial charge in [-0.05, 0) is 70.6 Å². The summed E-state index contributed by atoms with van der Waals surface area (Å²) < 4.78 is 46.8. The average molecular weight is 567 g/mol. The van der Waals surface area contributed by atoms with Gasteiger partial charge < -0.3 is 24.1 Å². The number of rotatable bonds is 8. The second-order valence-corrected chi connectivity index (χ2v) is 10.5. The van der Waals surface area contributed by atoms with Gasteiger partial charge in [-0.3, -0.25) is 10.1 Å². The fraction of sp³-hybridized carbons (Fsp3) is 0.300. The third-order valence-corrected chi connectivity index (χ3v) is 6.23. The quantitative estimate of drug-likeness (QED) is 0.215. The van der Waals surface area contributed by atoms with E-state index in [1.165, 1.54) is 20.2 Å². The molecule has 0 radical (unpaired) electrons. The molecule has 2 N–H and O–H groups in total. The van der Waals surface area contributed by atoms with Crippen LogP contribution in [-0.2, 0) is 21.4 Å². The smallest absolute Gasteiger partial charge is 0.333 e. The number of esters is 1. The molecule has 9 nitrogen and oxygen atoms in total. The van der Waals surface area contributed by atoms with E-state index in [9.17, 15) is 18.4 Å². The Bertz CT molecular complexity index is 1630. The van der Waals surface area contributed by atoms with Crippen molar-refractivity contribution in [3.8, 4) is 28.5 Å². The highest BCUT2D eigenvalue weighted by Gasteiger charge is 2.30. The Morgan fingerprint density at radius 3 is 2.41 bits per heavy atom. The summed E-state index contributed by atoms with van der Waals surface area (Å²) in [7, 11) is 4.83. The molecule has 41 heavy (non-hydrogen) atoms. The lowest BCUT2D eigenvalue weighted by Crippen LogP contribution is -2.47. The zero-order valence-electron chi connectivity index (χ0n) is 23.9. The van der Waals surface area contributed by atoms with Gasteiger partial charge in [0.15, 0.2) is 17.6 Å². The standard InChI is InChI=1S/C30H32F2N4O5/c1-16-12-24(40-23-9-8-17(31)13-21(23)32)19(20-15-36(6)26-18(20)10-11-34-28(26)39-7)14-22(16)35-27(37)25(33-5)29(38)41-30(2,3)4/h8-15,25,33H,1-7H3,(H,35,37). The number of carbonyl (C=O) groups is 2. The van der Waals surface area contributed by atoms with E-state index in [0.717, 1.165) is 17.5 Å². The SMILES string of the molecule is CNC(C(=O)Nc1cc(-c2cn(C)c3c(OC)nccc23)c(Oc2ccc(F)cc2F)cc1C)C(=O)OC(C)(C)C. The van der Waals surface area contributed by atoms with E-state index in [0.29, 0.717) is 33.8 Å². The van der Waals surface area contributed by atoms with Gasteiger partial charge in [-0.2, -0.15) is 0 Å². The molecule has 0 saturated heterocycles. The summed E-state index contributed by atoms with van der Waals surface area (Å²) in [5.41, 5.74) is 2.04. The molecular weight excluding hydrogens is 534 g/mol. The minimum atomic E-state index is -1.27. The first-order valence-corrected chi connectivity index (χ1v) is 12.8. The van der Waals surface area contributed by atoms with Crippen LogP contribution < -0.4 is 20.1 Å². The molecule has 1 unspecified atom stereocenters. The number of methoxy groups -OCH3 is 1. The van der Waals surface area contributed by atoms with Crippen LogP contribution in [0.4, 0.5) is 14.5 Å². The summed E-state index contributed by atoms with van der Waals surface area (Å²) in [5, 5.41) is 6.25. The monoisotopic (exact) mass is 566 g/mol. The molecule has 2 aromatic carbocycles. The number of aryl methyl sites for hydroxylation is 2. The minimum absolute atomic E-state index is 0.177. The van der Waals surface area contributed by atoms with Crippen LogP contribution in [0.5, 0.6) is 17.4 Å². The third-order valence-electron chi connectivity index (χ3n) is 6.23. The Hall–Kier alpha value is -4.51.